The van der Waals surface area contributed by atoms with Gasteiger partial charge in [0.05, 0.1) is 0 Å². The fourth-order valence-electron chi connectivity index (χ4n) is 2.04. The van der Waals surface area contributed by atoms with Crippen molar-refractivity contribution in [2.75, 3.05) is 0 Å². The highest BCUT2D eigenvalue weighted by molar-refractivity contribution is 5.94. The molecule has 0 heterocycles. The number of hydrogen-bond donors (Lipinski definition) is 3. The Morgan fingerprint density at radius 1 is 0.710 bits per heavy atom. The third-order valence-electron chi connectivity index (χ3n) is 2.91. The van der Waals surface area contributed by atoms with Gasteiger partial charge < -0.3 is 16.0 Å². The second-order valence-corrected chi connectivity index (χ2v) is 10.2. The molecule has 0 unspecified atom stereocenters. The quantitative estimate of drug-likeness (QED) is 0.603. The summed E-state index contributed by atoms with van der Waals surface area (Å²) in [6, 6.07) is 9.23. The van der Waals surface area contributed by atoms with Crippen LogP contribution in [0.25, 0.3) is 0 Å². The average Bonchev–Trinajstić information content (AvgIpc) is 2.51. The summed E-state index contributed by atoms with van der Waals surface area (Å²) in [5, 5.41) is 8.47. The molecule has 0 saturated carbocycles. The number of hydrogen-bond acceptors (Lipinski definition) is 3. The van der Waals surface area contributed by atoms with Crippen molar-refractivity contribution in [3.63, 3.8) is 0 Å². The molecule has 0 atom stereocenters. The van der Waals surface area contributed by atoms with Gasteiger partial charge in [0.25, 0.3) is 5.91 Å². The number of nitrogens with one attached hydrogen (secondary N) is 3. The maximum atomic E-state index is 11.5. The van der Waals surface area contributed by atoms with E-state index in [-0.39, 0.29) is 41.8 Å². The Hall–Kier alpha value is -2.37. The molecule has 6 heteroatoms. The second kappa shape index (κ2) is 14.6. The third-order valence-corrected chi connectivity index (χ3v) is 2.91. The van der Waals surface area contributed by atoms with Crippen molar-refractivity contribution in [2.24, 2.45) is 0 Å². The molecule has 1 aromatic rings. The van der Waals surface area contributed by atoms with Gasteiger partial charge in [-0.2, -0.15) is 0 Å². The summed E-state index contributed by atoms with van der Waals surface area (Å²) in [6.07, 6.45) is 0.567. The van der Waals surface area contributed by atoms with Crippen molar-refractivity contribution in [3.8, 4) is 0 Å². The first kappa shape index (κ1) is 33.3. The van der Waals surface area contributed by atoms with Crippen LogP contribution in [-0.2, 0) is 9.59 Å². The highest BCUT2D eigenvalue weighted by Crippen LogP contribution is 2.03. The van der Waals surface area contributed by atoms with Crippen molar-refractivity contribution >= 4 is 17.7 Å². The highest BCUT2D eigenvalue weighted by atomic mass is 16.2. The Kier molecular flexibility index (Phi) is 15.7. The van der Waals surface area contributed by atoms with E-state index in [1.165, 1.54) is 6.92 Å². The van der Waals surface area contributed by atoms with Crippen molar-refractivity contribution in [1.82, 2.24) is 16.0 Å². The molecule has 1 rings (SSSR count). The molecule has 0 aliphatic rings. The van der Waals surface area contributed by atoms with Crippen molar-refractivity contribution < 1.29 is 14.4 Å². The van der Waals surface area contributed by atoms with E-state index in [1.807, 2.05) is 87.4 Å². The Morgan fingerprint density at radius 2 is 1.10 bits per heavy atom. The van der Waals surface area contributed by atoms with Crippen LogP contribution in [0.3, 0.4) is 0 Å². The standard InChI is InChI=1S/C11H15NO.C7H15NO.C6H13NO.CH4/c1-11(2,3)12-10(13)9-7-5-4-6-8-9;1-5-6(9)8-7(2,3)4;1-5(8)7-6(2,3)4;/h4-8H,1-3H3,(H,12,13);5H2,1-4H3,(H,8,9);1-4H3,(H,7,8);1H4. The summed E-state index contributed by atoms with van der Waals surface area (Å²) in [4.78, 5) is 32.6. The molecule has 0 aliphatic carbocycles. The van der Waals surface area contributed by atoms with Gasteiger partial charge in [-0.3, -0.25) is 14.4 Å². The molecule has 0 spiro atoms. The maximum Gasteiger partial charge on any atom is 0.251 e. The van der Waals surface area contributed by atoms with E-state index in [0.717, 1.165) is 0 Å². The molecule has 6 nitrogen and oxygen atoms in total. The molecule has 0 saturated heterocycles. The molecule has 31 heavy (non-hydrogen) atoms. The Morgan fingerprint density at radius 3 is 1.32 bits per heavy atom. The van der Waals surface area contributed by atoms with Crippen molar-refractivity contribution in [3.05, 3.63) is 35.9 Å². The van der Waals surface area contributed by atoms with Gasteiger partial charge in [0, 0.05) is 35.5 Å². The molecular weight excluding hydrogens is 390 g/mol. The Balaban J connectivity index is -0.000000389. The summed E-state index contributed by atoms with van der Waals surface area (Å²) in [6.45, 7) is 21.0. The zero-order valence-corrected chi connectivity index (χ0v) is 20.8. The van der Waals surface area contributed by atoms with E-state index in [1.54, 1.807) is 12.1 Å². The molecule has 3 amide bonds. The smallest absolute Gasteiger partial charge is 0.251 e. The first-order valence-corrected chi connectivity index (χ1v) is 10.3. The Bertz CT molecular complexity index is 649. The molecule has 0 aliphatic heterocycles. The molecule has 0 fully saturated rings. The topological polar surface area (TPSA) is 87.3 Å². The van der Waals surface area contributed by atoms with Crippen molar-refractivity contribution in [1.29, 1.82) is 0 Å². The van der Waals surface area contributed by atoms with E-state index in [4.69, 9.17) is 0 Å². The highest BCUT2D eigenvalue weighted by Gasteiger charge is 2.14. The summed E-state index contributed by atoms with van der Waals surface area (Å²) >= 11 is 0. The lowest BCUT2D eigenvalue weighted by Gasteiger charge is -2.20. The van der Waals surface area contributed by atoms with Gasteiger partial charge in [0.2, 0.25) is 11.8 Å². The van der Waals surface area contributed by atoms with Crippen LogP contribution in [-0.4, -0.2) is 34.3 Å². The van der Waals surface area contributed by atoms with Crippen LogP contribution in [0, 0.1) is 0 Å². The van der Waals surface area contributed by atoms with E-state index in [2.05, 4.69) is 16.0 Å². The van der Waals surface area contributed by atoms with Gasteiger partial charge in [-0.15, -0.1) is 0 Å². The van der Waals surface area contributed by atoms with Crippen LogP contribution < -0.4 is 16.0 Å². The zero-order valence-electron chi connectivity index (χ0n) is 20.8. The van der Waals surface area contributed by atoms with Gasteiger partial charge in [-0.25, -0.2) is 0 Å². The zero-order chi connectivity index (χ0) is 24.2. The monoisotopic (exact) mass is 437 g/mol. The predicted octanol–water partition coefficient (Wildman–Crippen LogP) is 5.08. The molecular formula is C25H47N3O3. The largest absolute Gasteiger partial charge is 0.352 e. The normalized spacial score (nSPS) is 10.7. The van der Waals surface area contributed by atoms with Gasteiger partial charge >= 0.3 is 0 Å². The van der Waals surface area contributed by atoms with Gasteiger partial charge in [0.1, 0.15) is 0 Å². The fourth-order valence-corrected chi connectivity index (χ4v) is 2.04. The molecule has 1 aromatic carbocycles. The van der Waals surface area contributed by atoms with Crippen LogP contribution in [0.1, 0.15) is 100 Å². The minimum Gasteiger partial charge on any atom is -0.352 e. The average molecular weight is 438 g/mol. The Labute approximate surface area is 191 Å². The molecule has 3 N–H and O–H groups in total. The van der Waals surface area contributed by atoms with E-state index in [0.29, 0.717) is 12.0 Å². The first-order valence-electron chi connectivity index (χ1n) is 10.3. The predicted molar refractivity (Wildman–Crippen MR) is 132 cm³/mol. The second-order valence-electron chi connectivity index (χ2n) is 10.2. The summed E-state index contributed by atoms with van der Waals surface area (Å²) in [5.74, 6) is 0.119. The lowest BCUT2D eigenvalue weighted by atomic mass is 10.1. The number of carbonyl (C=O) groups excluding carboxylic acids is 3. The SMILES string of the molecule is C.CC(=O)NC(C)(C)C.CC(C)(C)NC(=O)c1ccccc1.CCC(=O)NC(C)(C)C. The lowest BCUT2D eigenvalue weighted by molar-refractivity contribution is -0.122. The lowest BCUT2D eigenvalue weighted by Crippen LogP contribution is -2.40. The molecule has 0 aromatic heterocycles. The third kappa shape index (κ3) is 25.6. The fraction of sp³-hybridized carbons (Fsp3) is 0.640. The van der Waals surface area contributed by atoms with Crippen LogP contribution in [0.4, 0.5) is 0 Å². The molecule has 0 bridgehead atoms. The van der Waals surface area contributed by atoms with E-state index >= 15 is 0 Å². The first-order chi connectivity index (χ1) is 13.4. The summed E-state index contributed by atoms with van der Waals surface area (Å²) in [7, 11) is 0. The minimum absolute atomic E-state index is 0. The van der Waals surface area contributed by atoms with Crippen LogP contribution in [0.5, 0.6) is 0 Å². The van der Waals surface area contributed by atoms with Gasteiger partial charge in [-0.05, 0) is 74.4 Å². The summed E-state index contributed by atoms with van der Waals surface area (Å²) in [5.41, 5.74) is 0.378. The van der Waals surface area contributed by atoms with E-state index in [9.17, 15) is 14.4 Å². The number of amides is 3. The van der Waals surface area contributed by atoms with Crippen LogP contribution in [0.15, 0.2) is 30.3 Å². The number of benzene rings is 1. The summed E-state index contributed by atoms with van der Waals surface area (Å²) < 4.78 is 0. The van der Waals surface area contributed by atoms with Crippen LogP contribution >= 0.6 is 0 Å². The molecule has 180 valence electrons. The maximum absolute atomic E-state index is 11.5. The van der Waals surface area contributed by atoms with Crippen LogP contribution in [0.2, 0.25) is 0 Å². The van der Waals surface area contributed by atoms with Crippen molar-refractivity contribution in [2.45, 2.75) is 107 Å². The minimum atomic E-state index is -0.174. The molecule has 0 radical (unpaired) electrons. The number of rotatable bonds is 2. The van der Waals surface area contributed by atoms with E-state index < -0.39 is 0 Å². The van der Waals surface area contributed by atoms with Gasteiger partial charge in [0.15, 0.2) is 0 Å². The number of carbonyl (C=O) groups is 3. The van der Waals surface area contributed by atoms with Gasteiger partial charge in [-0.1, -0.05) is 32.5 Å².